The van der Waals surface area contributed by atoms with Crippen LogP contribution in [-0.2, 0) is 11.2 Å². The second kappa shape index (κ2) is 5.46. The minimum Gasteiger partial charge on any atom is -0.506 e. The monoisotopic (exact) mass is 224 g/mol. The van der Waals surface area contributed by atoms with Crippen molar-refractivity contribution in [1.29, 1.82) is 0 Å². The van der Waals surface area contributed by atoms with Crippen LogP contribution in [0, 0.1) is 6.92 Å². The molecule has 0 aromatic carbocycles. The summed E-state index contributed by atoms with van der Waals surface area (Å²) in [5.41, 5.74) is 7.09. The van der Waals surface area contributed by atoms with Crippen LogP contribution in [0.15, 0.2) is 12.1 Å². The molecule has 0 spiro atoms. The number of carboxylic acid groups (broad SMARTS) is 1. The number of aliphatic carboxylic acids is 1. The third-order valence-corrected chi connectivity index (χ3v) is 2.27. The standard InChI is InChI=1S/C11H16N2O3/c1-7-2-4-10(14)9(13-7)6-8(12)3-5-11(15)16/h2,4,8,14H,3,5-6,12H2,1H3,(H,15,16). The quantitative estimate of drug-likeness (QED) is 0.688. The minimum atomic E-state index is -0.864. The third-order valence-electron chi connectivity index (χ3n) is 2.27. The number of carbonyl (C=O) groups is 1. The number of nitrogens with zero attached hydrogens (tertiary/aromatic N) is 1. The number of aryl methyl sites for hydroxylation is 1. The summed E-state index contributed by atoms with van der Waals surface area (Å²) >= 11 is 0. The summed E-state index contributed by atoms with van der Waals surface area (Å²) in [6, 6.07) is 2.99. The molecule has 0 aliphatic carbocycles. The molecule has 0 saturated heterocycles. The van der Waals surface area contributed by atoms with Gasteiger partial charge in [0.15, 0.2) is 0 Å². The van der Waals surface area contributed by atoms with Crippen molar-refractivity contribution >= 4 is 5.97 Å². The molecule has 1 aromatic heterocycles. The molecule has 0 amide bonds. The van der Waals surface area contributed by atoms with Crippen LogP contribution in [0.4, 0.5) is 0 Å². The zero-order valence-electron chi connectivity index (χ0n) is 9.18. The van der Waals surface area contributed by atoms with Gasteiger partial charge < -0.3 is 15.9 Å². The highest BCUT2D eigenvalue weighted by atomic mass is 16.4. The average molecular weight is 224 g/mol. The summed E-state index contributed by atoms with van der Waals surface area (Å²) in [5.74, 6) is -0.756. The maximum atomic E-state index is 10.4. The molecule has 0 radical (unpaired) electrons. The van der Waals surface area contributed by atoms with Crippen LogP contribution in [0.3, 0.4) is 0 Å². The van der Waals surface area contributed by atoms with Gasteiger partial charge >= 0.3 is 5.97 Å². The van der Waals surface area contributed by atoms with Gasteiger partial charge in [0.25, 0.3) is 0 Å². The molecule has 1 atom stereocenters. The Morgan fingerprint density at radius 2 is 2.25 bits per heavy atom. The minimum absolute atomic E-state index is 0.0355. The zero-order chi connectivity index (χ0) is 12.1. The summed E-state index contributed by atoms with van der Waals surface area (Å²) in [5, 5.41) is 18.0. The van der Waals surface area contributed by atoms with Crippen molar-refractivity contribution < 1.29 is 15.0 Å². The van der Waals surface area contributed by atoms with Crippen molar-refractivity contribution in [3.05, 3.63) is 23.5 Å². The third kappa shape index (κ3) is 3.86. The predicted molar refractivity (Wildman–Crippen MR) is 59.2 cm³/mol. The summed E-state index contributed by atoms with van der Waals surface area (Å²) in [6.07, 6.45) is 0.804. The van der Waals surface area contributed by atoms with Gasteiger partial charge in [-0.2, -0.15) is 0 Å². The van der Waals surface area contributed by atoms with E-state index < -0.39 is 5.97 Å². The van der Waals surface area contributed by atoms with Gasteiger partial charge in [-0.3, -0.25) is 9.78 Å². The first-order valence-electron chi connectivity index (χ1n) is 5.12. The van der Waals surface area contributed by atoms with E-state index in [4.69, 9.17) is 10.8 Å². The van der Waals surface area contributed by atoms with Crippen LogP contribution < -0.4 is 5.73 Å². The van der Waals surface area contributed by atoms with Crippen molar-refractivity contribution in [2.45, 2.75) is 32.2 Å². The smallest absolute Gasteiger partial charge is 0.303 e. The molecule has 0 aliphatic rings. The molecule has 0 aliphatic heterocycles. The second-order valence-corrected chi connectivity index (χ2v) is 3.82. The Morgan fingerprint density at radius 3 is 2.88 bits per heavy atom. The van der Waals surface area contributed by atoms with Gasteiger partial charge in [-0.05, 0) is 25.5 Å². The molecule has 0 bridgehead atoms. The van der Waals surface area contributed by atoms with Crippen LogP contribution in [-0.4, -0.2) is 27.2 Å². The number of nitrogens with two attached hydrogens (primary N) is 1. The van der Waals surface area contributed by atoms with E-state index in [1.807, 2.05) is 6.92 Å². The Hall–Kier alpha value is -1.62. The predicted octanol–water partition coefficient (Wildman–Crippen LogP) is 0.830. The lowest BCUT2D eigenvalue weighted by Crippen LogP contribution is -2.24. The molecule has 1 unspecified atom stereocenters. The molecular weight excluding hydrogens is 208 g/mol. The van der Waals surface area contributed by atoms with Gasteiger partial charge in [0.2, 0.25) is 0 Å². The molecule has 5 heteroatoms. The second-order valence-electron chi connectivity index (χ2n) is 3.82. The Balaban J connectivity index is 2.58. The maximum absolute atomic E-state index is 10.4. The fourth-order valence-corrected chi connectivity index (χ4v) is 1.41. The number of rotatable bonds is 5. The summed E-state index contributed by atoms with van der Waals surface area (Å²) < 4.78 is 0. The van der Waals surface area contributed by atoms with E-state index in [0.717, 1.165) is 5.69 Å². The van der Waals surface area contributed by atoms with E-state index in [0.29, 0.717) is 18.5 Å². The van der Waals surface area contributed by atoms with E-state index in [1.54, 1.807) is 12.1 Å². The van der Waals surface area contributed by atoms with E-state index in [1.165, 1.54) is 0 Å². The van der Waals surface area contributed by atoms with Crippen molar-refractivity contribution in [3.8, 4) is 5.75 Å². The topological polar surface area (TPSA) is 96.4 Å². The van der Waals surface area contributed by atoms with E-state index >= 15 is 0 Å². The van der Waals surface area contributed by atoms with Gasteiger partial charge in [0.1, 0.15) is 5.75 Å². The number of carboxylic acids is 1. The van der Waals surface area contributed by atoms with Gasteiger partial charge in [0, 0.05) is 24.6 Å². The molecule has 0 fully saturated rings. The summed E-state index contributed by atoms with van der Waals surface area (Å²) in [6.45, 7) is 1.83. The van der Waals surface area contributed by atoms with Crippen LogP contribution in [0.25, 0.3) is 0 Å². The lowest BCUT2D eigenvalue weighted by molar-refractivity contribution is -0.137. The van der Waals surface area contributed by atoms with Crippen molar-refractivity contribution in [3.63, 3.8) is 0 Å². The fourth-order valence-electron chi connectivity index (χ4n) is 1.41. The molecule has 0 saturated carbocycles. The molecule has 16 heavy (non-hydrogen) atoms. The van der Waals surface area contributed by atoms with Crippen LogP contribution >= 0.6 is 0 Å². The van der Waals surface area contributed by atoms with Gasteiger partial charge in [0.05, 0.1) is 5.69 Å². The Kier molecular flexibility index (Phi) is 4.25. The summed E-state index contributed by atoms with van der Waals surface area (Å²) in [7, 11) is 0. The lowest BCUT2D eigenvalue weighted by atomic mass is 10.1. The Morgan fingerprint density at radius 1 is 1.56 bits per heavy atom. The maximum Gasteiger partial charge on any atom is 0.303 e. The lowest BCUT2D eigenvalue weighted by Gasteiger charge is -2.11. The van der Waals surface area contributed by atoms with Gasteiger partial charge in [-0.25, -0.2) is 0 Å². The molecule has 5 nitrogen and oxygen atoms in total. The number of aromatic hydroxyl groups is 1. The van der Waals surface area contributed by atoms with E-state index in [-0.39, 0.29) is 18.2 Å². The van der Waals surface area contributed by atoms with Crippen molar-refractivity contribution in [1.82, 2.24) is 4.98 Å². The highest BCUT2D eigenvalue weighted by molar-refractivity contribution is 5.66. The molecule has 1 rings (SSSR count). The van der Waals surface area contributed by atoms with Crippen molar-refractivity contribution in [2.24, 2.45) is 5.73 Å². The average Bonchev–Trinajstić information content (AvgIpc) is 2.20. The first-order valence-corrected chi connectivity index (χ1v) is 5.12. The number of pyridine rings is 1. The van der Waals surface area contributed by atoms with Crippen LogP contribution in [0.5, 0.6) is 5.75 Å². The first kappa shape index (κ1) is 12.4. The largest absolute Gasteiger partial charge is 0.506 e. The van der Waals surface area contributed by atoms with Crippen LogP contribution in [0.1, 0.15) is 24.2 Å². The molecule has 4 N–H and O–H groups in total. The Labute approximate surface area is 93.9 Å². The highest BCUT2D eigenvalue weighted by Gasteiger charge is 2.11. The van der Waals surface area contributed by atoms with E-state index in [2.05, 4.69) is 4.98 Å². The molecule has 88 valence electrons. The Bertz CT molecular complexity index is 379. The molecule has 1 heterocycles. The van der Waals surface area contributed by atoms with Crippen molar-refractivity contribution in [2.75, 3.05) is 0 Å². The normalized spacial score (nSPS) is 12.4. The highest BCUT2D eigenvalue weighted by Crippen LogP contribution is 2.16. The van der Waals surface area contributed by atoms with E-state index in [9.17, 15) is 9.90 Å². The number of hydrogen-bond donors (Lipinski definition) is 3. The SMILES string of the molecule is Cc1ccc(O)c(CC(N)CCC(=O)O)n1. The van der Waals surface area contributed by atoms with Crippen LogP contribution in [0.2, 0.25) is 0 Å². The van der Waals surface area contributed by atoms with Gasteiger partial charge in [-0.1, -0.05) is 0 Å². The molecular formula is C11H16N2O3. The summed E-state index contributed by atoms with van der Waals surface area (Å²) in [4.78, 5) is 14.5. The number of aromatic nitrogens is 1. The number of hydrogen-bond acceptors (Lipinski definition) is 4. The molecule has 1 aromatic rings. The zero-order valence-corrected chi connectivity index (χ0v) is 9.18. The van der Waals surface area contributed by atoms with Gasteiger partial charge in [-0.15, -0.1) is 0 Å². The fraction of sp³-hybridized carbons (Fsp3) is 0.455. The first-order chi connectivity index (χ1) is 7.49.